The standard InChI is InChI=1S/C14H11BrN4O3/c15-9-7-8-3-1-2-4-10(8)17-12(9)13(20)16-6-5-11-18-14(21)22-19-11/h1-4,7H,5-6H2,(H,16,20)(H,18,19,21). The summed E-state index contributed by atoms with van der Waals surface area (Å²) in [6, 6.07) is 9.40. The Kier molecular flexibility index (Phi) is 4.01. The van der Waals surface area contributed by atoms with Crippen molar-refractivity contribution in [1.82, 2.24) is 20.4 Å². The Labute approximate surface area is 132 Å². The third-order valence-corrected chi connectivity index (χ3v) is 3.63. The fourth-order valence-corrected chi connectivity index (χ4v) is 2.51. The molecule has 0 saturated heterocycles. The molecule has 3 aromatic rings. The van der Waals surface area contributed by atoms with E-state index in [1.165, 1.54) is 0 Å². The molecule has 3 rings (SSSR count). The van der Waals surface area contributed by atoms with Crippen molar-refractivity contribution in [3.8, 4) is 0 Å². The highest BCUT2D eigenvalue weighted by Crippen LogP contribution is 2.21. The monoisotopic (exact) mass is 362 g/mol. The zero-order valence-corrected chi connectivity index (χ0v) is 12.9. The minimum atomic E-state index is -0.611. The molecular formula is C14H11BrN4O3. The fourth-order valence-electron chi connectivity index (χ4n) is 2.00. The summed E-state index contributed by atoms with van der Waals surface area (Å²) in [5, 5.41) is 7.20. The molecule has 1 aromatic carbocycles. The van der Waals surface area contributed by atoms with Gasteiger partial charge in [0.1, 0.15) is 5.69 Å². The predicted octanol–water partition coefficient (Wildman–Crippen LogP) is 1.65. The Morgan fingerprint density at radius 2 is 2.18 bits per heavy atom. The average molecular weight is 363 g/mol. The van der Waals surface area contributed by atoms with Gasteiger partial charge < -0.3 is 5.32 Å². The van der Waals surface area contributed by atoms with E-state index in [0.29, 0.717) is 29.0 Å². The molecule has 0 saturated carbocycles. The van der Waals surface area contributed by atoms with Crippen molar-refractivity contribution >= 4 is 32.7 Å². The molecule has 2 N–H and O–H groups in total. The molecule has 0 fully saturated rings. The number of aromatic amines is 1. The Morgan fingerprint density at radius 1 is 1.36 bits per heavy atom. The molecule has 22 heavy (non-hydrogen) atoms. The van der Waals surface area contributed by atoms with E-state index in [1.807, 2.05) is 30.3 Å². The zero-order chi connectivity index (χ0) is 15.5. The lowest BCUT2D eigenvalue weighted by Crippen LogP contribution is -2.27. The van der Waals surface area contributed by atoms with Gasteiger partial charge in [-0.25, -0.2) is 9.78 Å². The van der Waals surface area contributed by atoms with E-state index in [0.717, 1.165) is 10.9 Å². The number of amides is 1. The van der Waals surface area contributed by atoms with Gasteiger partial charge in [-0.15, -0.1) is 0 Å². The highest BCUT2D eigenvalue weighted by Gasteiger charge is 2.13. The maximum absolute atomic E-state index is 12.2. The van der Waals surface area contributed by atoms with E-state index < -0.39 is 5.76 Å². The fraction of sp³-hybridized carbons (Fsp3) is 0.143. The quantitative estimate of drug-likeness (QED) is 0.734. The molecule has 0 bridgehead atoms. The van der Waals surface area contributed by atoms with Gasteiger partial charge in [-0.2, -0.15) is 0 Å². The topological polar surface area (TPSA) is 101 Å². The van der Waals surface area contributed by atoms with Crippen LogP contribution in [0.5, 0.6) is 0 Å². The number of carbonyl (C=O) groups is 1. The molecule has 112 valence electrons. The van der Waals surface area contributed by atoms with Crippen molar-refractivity contribution in [3.05, 3.63) is 56.9 Å². The van der Waals surface area contributed by atoms with Crippen molar-refractivity contribution in [3.63, 3.8) is 0 Å². The van der Waals surface area contributed by atoms with Crippen LogP contribution in [-0.4, -0.2) is 27.6 Å². The van der Waals surface area contributed by atoms with E-state index in [2.05, 4.69) is 40.9 Å². The van der Waals surface area contributed by atoms with Gasteiger partial charge in [0.15, 0.2) is 5.82 Å². The van der Waals surface area contributed by atoms with E-state index in [4.69, 9.17) is 0 Å². The van der Waals surface area contributed by atoms with Gasteiger partial charge in [0.2, 0.25) is 0 Å². The van der Waals surface area contributed by atoms with Crippen LogP contribution < -0.4 is 11.1 Å². The Hall–Kier alpha value is -2.48. The van der Waals surface area contributed by atoms with Crippen molar-refractivity contribution in [2.75, 3.05) is 6.54 Å². The van der Waals surface area contributed by atoms with Crippen molar-refractivity contribution < 1.29 is 9.32 Å². The van der Waals surface area contributed by atoms with E-state index >= 15 is 0 Å². The van der Waals surface area contributed by atoms with Gasteiger partial charge >= 0.3 is 5.76 Å². The number of hydrogen-bond donors (Lipinski definition) is 2. The maximum Gasteiger partial charge on any atom is 0.438 e. The lowest BCUT2D eigenvalue weighted by atomic mass is 10.2. The third kappa shape index (κ3) is 3.06. The second kappa shape index (κ2) is 6.10. The molecule has 0 spiro atoms. The highest BCUT2D eigenvalue weighted by atomic mass is 79.9. The van der Waals surface area contributed by atoms with Gasteiger partial charge in [0.25, 0.3) is 5.91 Å². The van der Waals surface area contributed by atoms with Gasteiger partial charge in [0.05, 0.1) is 5.52 Å². The van der Waals surface area contributed by atoms with Crippen molar-refractivity contribution in [2.45, 2.75) is 6.42 Å². The van der Waals surface area contributed by atoms with Gasteiger partial charge in [-0.1, -0.05) is 23.4 Å². The number of nitrogens with zero attached hydrogens (tertiary/aromatic N) is 2. The van der Waals surface area contributed by atoms with E-state index in [1.54, 1.807) is 0 Å². The molecule has 0 aliphatic heterocycles. The van der Waals surface area contributed by atoms with Crippen LogP contribution in [0.1, 0.15) is 16.3 Å². The molecule has 1 amide bonds. The Balaban J connectivity index is 1.71. The molecular weight excluding hydrogens is 352 g/mol. The van der Waals surface area contributed by atoms with Gasteiger partial charge in [0, 0.05) is 22.8 Å². The number of halogens is 1. The first-order valence-corrected chi connectivity index (χ1v) is 7.31. The maximum atomic E-state index is 12.2. The molecule has 2 heterocycles. The van der Waals surface area contributed by atoms with Crippen LogP contribution >= 0.6 is 15.9 Å². The Morgan fingerprint density at radius 3 is 2.95 bits per heavy atom. The summed E-state index contributed by atoms with van der Waals surface area (Å²) < 4.78 is 5.00. The van der Waals surface area contributed by atoms with Crippen LogP contribution in [0, 0.1) is 0 Å². The first kappa shape index (κ1) is 14.5. The minimum absolute atomic E-state index is 0.302. The normalized spacial score (nSPS) is 10.8. The second-order valence-electron chi connectivity index (χ2n) is 4.56. The minimum Gasteiger partial charge on any atom is -0.350 e. The number of rotatable bonds is 4. The molecule has 7 nitrogen and oxygen atoms in total. The Bertz CT molecular complexity index is 887. The van der Waals surface area contributed by atoms with Gasteiger partial charge in [-0.05, 0) is 28.1 Å². The second-order valence-corrected chi connectivity index (χ2v) is 5.41. The summed E-state index contributed by atoms with van der Waals surface area (Å²) in [5.41, 5.74) is 1.06. The number of hydrogen-bond acceptors (Lipinski definition) is 5. The average Bonchev–Trinajstić information content (AvgIpc) is 2.92. The molecule has 2 aromatic heterocycles. The first-order chi connectivity index (χ1) is 10.6. The third-order valence-electron chi connectivity index (χ3n) is 3.02. The number of H-pyrrole nitrogens is 1. The lowest BCUT2D eigenvalue weighted by molar-refractivity contribution is 0.0948. The molecule has 0 atom stereocenters. The largest absolute Gasteiger partial charge is 0.438 e. The number of fused-ring (bicyclic) bond motifs is 1. The zero-order valence-electron chi connectivity index (χ0n) is 11.3. The first-order valence-electron chi connectivity index (χ1n) is 6.52. The highest BCUT2D eigenvalue weighted by molar-refractivity contribution is 9.10. The van der Waals surface area contributed by atoms with E-state index in [-0.39, 0.29) is 5.91 Å². The lowest BCUT2D eigenvalue weighted by Gasteiger charge is -2.07. The predicted molar refractivity (Wildman–Crippen MR) is 82.6 cm³/mol. The molecule has 0 aliphatic carbocycles. The molecule has 8 heteroatoms. The van der Waals surface area contributed by atoms with Crippen LogP contribution in [0.4, 0.5) is 0 Å². The van der Waals surface area contributed by atoms with Crippen LogP contribution in [0.15, 0.2) is 44.1 Å². The summed E-state index contributed by atoms with van der Waals surface area (Å²) in [5.74, 6) is -0.528. The van der Waals surface area contributed by atoms with Crippen molar-refractivity contribution in [2.24, 2.45) is 0 Å². The van der Waals surface area contributed by atoms with Crippen LogP contribution in [0.25, 0.3) is 10.9 Å². The SMILES string of the molecule is O=C(NCCc1noc(=O)[nH]1)c1nc2ccccc2cc1Br. The summed E-state index contributed by atoms with van der Waals surface area (Å²) in [6.07, 6.45) is 0.364. The number of pyridine rings is 1. The van der Waals surface area contributed by atoms with Crippen molar-refractivity contribution in [1.29, 1.82) is 0 Å². The number of para-hydroxylation sites is 1. The summed E-state index contributed by atoms with van der Waals surface area (Å²) in [4.78, 5) is 29.7. The van der Waals surface area contributed by atoms with Crippen LogP contribution in [0.3, 0.4) is 0 Å². The molecule has 0 aliphatic rings. The smallest absolute Gasteiger partial charge is 0.350 e. The summed E-state index contributed by atoms with van der Waals surface area (Å²) >= 11 is 3.36. The summed E-state index contributed by atoms with van der Waals surface area (Å²) in [6.45, 7) is 0.308. The number of benzene rings is 1. The van der Waals surface area contributed by atoms with E-state index in [9.17, 15) is 9.59 Å². The molecule has 0 unspecified atom stereocenters. The number of aromatic nitrogens is 3. The van der Waals surface area contributed by atoms with Crippen LogP contribution in [0.2, 0.25) is 0 Å². The van der Waals surface area contributed by atoms with Gasteiger partial charge in [-0.3, -0.25) is 14.3 Å². The summed E-state index contributed by atoms with van der Waals surface area (Å²) in [7, 11) is 0. The number of nitrogens with one attached hydrogen (secondary N) is 2. The van der Waals surface area contributed by atoms with Crippen LogP contribution in [-0.2, 0) is 6.42 Å². The number of carbonyl (C=O) groups excluding carboxylic acids is 1. The molecule has 0 radical (unpaired) electrons.